The van der Waals surface area contributed by atoms with E-state index in [0.29, 0.717) is 25.4 Å². The van der Waals surface area contributed by atoms with Gasteiger partial charge in [-0.05, 0) is 36.5 Å². The second kappa shape index (κ2) is 8.92. The average molecular weight is 362 g/mol. The van der Waals surface area contributed by atoms with Gasteiger partial charge in [0.15, 0.2) is 11.5 Å². The van der Waals surface area contributed by atoms with Gasteiger partial charge in [0, 0.05) is 6.42 Å². The van der Waals surface area contributed by atoms with Crippen molar-refractivity contribution in [2.45, 2.75) is 53.1 Å². The molecule has 2 atom stereocenters. The summed E-state index contributed by atoms with van der Waals surface area (Å²) in [6.07, 6.45) is 0.411. The first kappa shape index (κ1) is 20.1. The Balaban J connectivity index is 2.02. The van der Waals surface area contributed by atoms with Gasteiger partial charge in [0.2, 0.25) is 11.8 Å². The van der Waals surface area contributed by atoms with Gasteiger partial charge >= 0.3 is 0 Å². The zero-order chi connectivity index (χ0) is 19.3. The van der Waals surface area contributed by atoms with Crippen molar-refractivity contribution in [3.63, 3.8) is 0 Å². The van der Waals surface area contributed by atoms with E-state index in [0.717, 1.165) is 11.3 Å². The number of fused-ring (bicyclic) bond motifs is 1. The maximum Gasteiger partial charge on any atom is 0.243 e. The topological polar surface area (TPSA) is 76.7 Å². The lowest BCUT2D eigenvalue weighted by atomic mass is 10.0. The smallest absolute Gasteiger partial charge is 0.243 e. The quantitative estimate of drug-likeness (QED) is 0.782. The molecule has 1 aliphatic rings. The molecule has 0 aliphatic carbocycles. The van der Waals surface area contributed by atoms with Crippen LogP contribution in [0.5, 0.6) is 11.5 Å². The number of amides is 2. The summed E-state index contributed by atoms with van der Waals surface area (Å²) in [4.78, 5) is 24.8. The van der Waals surface area contributed by atoms with Crippen molar-refractivity contribution in [1.29, 1.82) is 0 Å². The summed E-state index contributed by atoms with van der Waals surface area (Å²) < 4.78 is 11.1. The van der Waals surface area contributed by atoms with Crippen LogP contribution in [0.25, 0.3) is 0 Å². The highest BCUT2D eigenvalue weighted by Crippen LogP contribution is 2.32. The molecular weight excluding hydrogens is 332 g/mol. The standard InChI is InChI=1S/C20H30N2O4/c1-12(2)10-18(23)22-19(13(3)4)20(24)21-14(5)15-6-7-16-17(11-15)26-9-8-25-16/h6-7,11-14,19H,8-10H2,1-5H3,(H,21,24)(H,22,23). The number of carbonyl (C=O) groups excluding carboxylic acids is 2. The van der Waals surface area contributed by atoms with Crippen LogP contribution in [-0.2, 0) is 9.59 Å². The van der Waals surface area contributed by atoms with Crippen molar-refractivity contribution in [3.05, 3.63) is 23.8 Å². The van der Waals surface area contributed by atoms with Crippen LogP contribution in [-0.4, -0.2) is 31.1 Å². The Hall–Kier alpha value is -2.24. The summed E-state index contributed by atoms with van der Waals surface area (Å²) >= 11 is 0. The molecule has 1 aliphatic heterocycles. The number of carbonyl (C=O) groups is 2. The first-order valence-corrected chi connectivity index (χ1v) is 9.27. The van der Waals surface area contributed by atoms with E-state index in [9.17, 15) is 9.59 Å². The van der Waals surface area contributed by atoms with Crippen molar-refractivity contribution >= 4 is 11.8 Å². The van der Waals surface area contributed by atoms with Gasteiger partial charge in [-0.15, -0.1) is 0 Å². The number of benzene rings is 1. The molecule has 26 heavy (non-hydrogen) atoms. The van der Waals surface area contributed by atoms with E-state index in [-0.39, 0.29) is 29.7 Å². The summed E-state index contributed by atoms with van der Waals surface area (Å²) in [5.41, 5.74) is 0.929. The summed E-state index contributed by atoms with van der Waals surface area (Å²) in [6, 6.07) is 4.90. The van der Waals surface area contributed by atoms with E-state index in [1.54, 1.807) is 0 Å². The number of ether oxygens (including phenoxy) is 2. The molecule has 6 heteroatoms. The first-order chi connectivity index (χ1) is 12.3. The van der Waals surface area contributed by atoms with Crippen LogP contribution in [0, 0.1) is 11.8 Å². The molecule has 2 unspecified atom stereocenters. The van der Waals surface area contributed by atoms with Crippen LogP contribution in [0.1, 0.15) is 52.6 Å². The fourth-order valence-corrected chi connectivity index (χ4v) is 2.85. The third-order valence-electron chi connectivity index (χ3n) is 4.28. The fourth-order valence-electron chi connectivity index (χ4n) is 2.85. The van der Waals surface area contributed by atoms with Gasteiger partial charge in [0.25, 0.3) is 0 Å². The Kier molecular flexibility index (Phi) is 6.89. The van der Waals surface area contributed by atoms with Crippen LogP contribution in [0.4, 0.5) is 0 Å². The molecule has 6 nitrogen and oxygen atoms in total. The van der Waals surface area contributed by atoms with Crippen LogP contribution in [0.3, 0.4) is 0 Å². The van der Waals surface area contributed by atoms with Crippen LogP contribution in [0.2, 0.25) is 0 Å². The predicted octanol–water partition coefficient (Wildman–Crippen LogP) is 2.82. The maximum absolute atomic E-state index is 12.7. The van der Waals surface area contributed by atoms with Crippen molar-refractivity contribution in [2.24, 2.45) is 11.8 Å². The summed E-state index contributed by atoms with van der Waals surface area (Å²) in [6.45, 7) is 10.8. The number of hydrogen-bond acceptors (Lipinski definition) is 4. The van der Waals surface area contributed by atoms with Crippen LogP contribution in [0.15, 0.2) is 18.2 Å². The number of hydrogen-bond donors (Lipinski definition) is 2. The van der Waals surface area contributed by atoms with Crippen molar-refractivity contribution in [3.8, 4) is 11.5 Å². The van der Waals surface area contributed by atoms with Crippen molar-refractivity contribution < 1.29 is 19.1 Å². The van der Waals surface area contributed by atoms with Gasteiger partial charge in [-0.3, -0.25) is 9.59 Å². The molecule has 0 saturated carbocycles. The number of nitrogens with one attached hydrogen (secondary N) is 2. The Morgan fingerprint density at radius 3 is 2.27 bits per heavy atom. The summed E-state index contributed by atoms with van der Waals surface area (Å²) in [7, 11) is 0. The van der Waals surface area contributed by atoms with E-state index in [1.807, 2.05) is 52.8 Å². The molecule has 0 fully saturated rings. The molecule has 0 saturated heterocycles. The second-order valence-corrected chi connectivity index (χ2v) is 7.52. The predicted molar refractivity (Wildman–Crippen MR) is 100 cm³/mol. The third-order valence-corrected chi connectivity index (χ3v) is 4.28. The SMILES string of the molecule is CC(C)CC(=O)NC(C(=O)NC(C)c1ccc2c(c1)OCCO2)C(C)C. The van der Waals surface area contributed by atoms with Gasteiger partial charge in [-0.2, -0.15) is 0 Å². The van der Waals surface area contributed by atoms with E-state index in [2.05, 4.69) is 10.6 Å². The highest BCUT2D eigenvalue weighted by molar-refractivity contribution is 5.88. The Morgan fingerprint density at radius 1 is 1.00 bits per heavy atom. The van der Waals surface area contributed by atoms with E-state index >= 15 is 0 Å². The molecule has 0 spiro atoms. The Bertz CT molecular complexity index is 643. The molecule has 144 valence electrons. The molecule has 0 radical (unpaired) electrons. The zero-order valence-corrected chi connectivity index (χ0v) is 16.3. The van der Waals surface area contributed by atoms with Crippen LogP contribution >= 0.6 is 0 Å². The fraction of sp³-hybridized carbons (Fsp3) is 0.600. The largest absolute Gasteiger partial charge is 0.486 e. The monoisotopic (exact) mass is 362 g/mol. The van der Waals surface area contributed by atoms with Gasteiger partial charge in [0.1, 0.15) is 19.3 Å². The maximum atomic E-state index is 12.7. The minimum absolute atomic E-state index is 0.00132. The van der Waals surface area contributed by atoms with E-state index in [4.69, 9.17) is 9.47 Å². The zero-order valence-electron chi connectivity index (χ0n) is 16.3. The molecule has 1 aromatic rings. The second-order valence-electron chi connectivity index (χ2n) is 7.52. The highest BCUT2D eigenvalue weighted by Gasteiger charge is 2.26. The molecule has 2 amide bonds. The first-order valence-electron chi connectivity index (χ1n) is 9.27. The molecule has 1 heterocycles. The Labute approximate surface area is 155 Å². The van der Waals surface area contributed by atoms with Crippen molar-refractivity contribution in [1.82, 2.24) is 10.6 Å². The molecule has 2 N–H and O–H groups in total. The average Bonchev–Trinajstić information content (AvgIpc) is 2.58. The lowest BCUT2D eigenvalue weighted by molar-refractivity contribution is -0.130. The molecule has 0 aromatic heterocycles. The van der Waals surface area contributed by atoms with Gasteiger partial charge < -0.3 is 20.1 Å². The molecule has 2 rings (SSSR count). The van der Waals surface area contributed by atoms with Crippen molar-refractivity contribution in [2.75, 3.05) is 13.2 Å². The molecular formula is C20H30N2O4. The van der Waals surface area contributed by atoms with Gasteiger partial charge in [-0.25, -0.2) is 0 Å². The minimum Gasteiger partial charge on any atom is -0.486 e. The normalized spacial score (nSPS) is 15.5. The summed E-state index contributed by atoms with van der Waals surface area (Å²) in [5.74, 6) is 1.39. The number of rotatable bonds is 7. The Morgan fingerprint density at radius 2 is 1.65 bits per heavy atom. The van der Waals surface area contributed by atoms with E-state index in [1.165, 1.54) is 0 Å². The minimum atomic E-state index is -0.555. The van der Waals surface area contributed by atoms with Gasteiger partial charge in [-0.1, -0.05) is 33.8 Å². The highest BCUT2D eigenvalue weighted by atomic mass is 16.6. The third kappa shape index (κ3) is 5.38. The lowest BCUT2D eigenvalue weighted by Crippen LogP contribution is -2.50. The van der Waals surface area contributed by atoms with Crippen LogP contribution < -0.4 is 20.1 Å². The molecule has 0 bridgehead atoms. The van der Waals surface area contributed by atoms with E-state index < -0.39 is 6.04 Å². The summed E-state index contributed by atoms with van der Waals surface area (Å²) in [5, 5.41) is 5.85. The molecule has 1 aromatic carbocycles. The van der Waals surface area contributed by atoms with Gasteiger partial charge in [0.05, 0.1) is 6.04 Å². The lowest BCUT2D eigenvalue weighted by Gasteiger charge is -2.25.